The van der Waals surface area contributed by atoms with E-state index < -0.39 is 10.1 Å². The van der Waals surface area contributed by atoms with Gasteiger partial charge in [0.25, 0.3) is 10.1 Å². The first kappa shape index (κ1) is 9.82. The summed E-state index contributed by atoms with van der Waals surface area (Å²) in [5, 5.41) is 0. The number of benzene rings is 1. The number of nitrogen functional groups attached to an aromatic ring is 2. The normalized spacial score (nSPS) is 11.5. The summed E-state index contributed by atoms with van der Waals surface area (Å²) in [6, 6.07) is 2.97. The maximum Gasteiger partial charge on any atom is 0.296 e. The zero-order valence-electron chi connectivity index (χ0n) is 6.98. The van der Waals surface area contributed by atoms with Crippen molar-refractivity contribution in [3.05, 3.63) is 17.7 Å². The third kappa shape index (κ3) is 1.73. The van der Waals surface area contributed by atoms with Crippen LogP contribution in [0.5, 0.6) is 0 Å². The number of rotatable bonds is 1. The summed E-state index contributed by atoms with van der Waals surface area (Å²) in [7, 11) is -4.29. The first-order valence-electron chi connectivity index (χ1n) is 3.46. The smallest absolute Gasteiger partial charge is 0.296 e. The van der Waals surface area contributed by atoms with Gasteiger partial charge in [0, 0.05) is 0 Å². The van der Waals surface area contributed by atoms with Gasteiger partial charge in [0.05, 0.1) is 11.4 Å². The van der Waals surface area contributed by atoms with E-state index in [0.717, 1.165) is 0 Å². The molecule has 1 aromatic carbocycles. The molecule has 0 aliphatic rings. The molecule has 1 rings (SSSR count). The van der Waals surface area contributed by atoms with Crippen molar-refractivity contribution in [2.24, 2.45) is 0 Å². The van der Waals surface area contributed by atoms with Crippen molar-refractivity contribution in [2.75, 3.05) is 11.5 Å². The standard InChI is InChI=1S/C7H10N2O3S/c1-4-2-3-5(8)6(9)7(4)13(10,11)12/h2-3H,8-9H2,1H3,(H,10,11,12). The maximum absolute atomic E-state index is 10.8. The van der Waals surface area contributed by atoms with E-state index in [1.54, 1.807) is 0 Å². The van der Waals surface area contributed by atoms with Crippen molar-refractivity contribution in [1.29, 1.82) is 0 Å². The first-order valence-corrected chi connectivity index (χ1v) is 4.90. The van der Waals surface area contributed by atoms with Crippen LogP contribution in [0.3, 0.4) is 0 Å². The number of hydrogen-bond acceptors (Lipinski definition) is 4. The number of anilines is 2. The number of aryl methyl sites for hydroxylation is 1. The predicted molar refractivity (Wildman–Crippen MR) is 49.8 cm³/mol. The first-order chi connectivity index (χ1) is 5.84. The Balaban J connectivity index is 3.62. The molecule has 5 nitrogen and oxygen atoms in total. The van der Waals surface area contributed by atoms with Crippen molar-refractivity contribution in [1.82, 2.24) is 0 Å². The monoisotopic (exact) mass is 202 g/mol. The molecular weight excluding hydrogens is 192 g/mol. The van der Waals surface area contributed by atoms with Crippen molar-refractivity contribution in [3.63, 3.8) is 0 Å². The van der Waals surface area contributed by atoms with E-state index in [-0.39, 0.29) is 16.3 Å². The Morgan fingerprint density at radius 1 is 1.31 bits per heavy atom. The molecule has 0 aliphatic carbocycles. The second-order valence-corrected chi connectivity index (χ2v) is 4.05. The third-order valence-corrected chi connectivity index (χ3v) is 2.74. The molecule has 0 radical (unpaired) electrons. The molecule has 5 N–H and O–H groups in total. The molecule has 0 spiro atoms. The molecule has 72 valence electrons. The van der Waals surface area contributed by atoms with Gasteiger partial charge >= 0.3 is 0 Å². The van der Waals surface area contributed by atoms with Crippen LogP contribution in [-0.4, -0.2) is 13.0 Å². The topological polar surface area (TPSA) is 106 Å². The summed E-state index contributed by atoms with van der Waals surface area (Å²) < 4.78 is 30.5. The van der Waals surface area contributed by atoms with Crippen LogP contribution in [-0.2, 0) is 10.1 Å². The third-order valence-electron chi connectivity index (χ3n) is 1.68. The Labute approximate surface area is 76.1 Å². The zero-order chi connectivity index (χ0) is 10.2. The predicted octanol–water partition coefficient (Wildman–Crippen LogP) is 0.406. The summed E-state index contributed by atoms with van der Waals surface area (Å²) >= 11 is 0. The van der Waals surface area contributed by atoms with Crippen LogP contribution < -0.4 is 11.5 Å². The van der Waals surface area contributed by atoms with Crippen molar-refractivity contribution in [3.8, 4) is 0 Å². The van der Waals surface area contributed by atoms with E-state index in [1.165, 1.54) is 19.1 Å². The molecule has 0 aliphatic heterocycles. The number of hydrogen-bond donors (Lipinski definition) is 3. The van der Waals surface area contributed by atoms with E-state index >= 15 is 0 Å². The second kappa shape index (κ2) is 2.90. The molecule has 13 heavy (non-hydrogen) atoms. The molecule has 0 atom stereocenters. The van der Waals surface area contributed by atoms with Gasteiger partial charge in [0.2, 0.25) is 0 Å². The Morgan fingerprint density at radius 3 is 2.23 bits per heavy atom. The molecule has 0 fully saturated rings. The van der Waals surface area contributed by atoms with Crippen LogP contribution in [0.2, 0.25) is 0 Å². The molecule has 0 bridgehead atoms. The quantitative estimate of drug-likeness (QED) is 0.451. The molecule has 0 saturated carbocycles. The molecule has 0 unspecified atom stereocenters. The van der Waals surface area contributed by atoms with Gasteiger partial charge in [-0.05, 0) is 18.6 Å². The van der Waals surface area contributed by atoms with Gasteiger partial charge in [0.15, 0.2) is 0 Å². The van der Waals surface area contributed by atoms with Crippen molar-refractivity contribution < 1.29 is 13.0 Å². The average molecular weight is 202 g/mol. The van der Waals surface area contributed by atoms with E-state index in [4.69, 9.17) is 16.0 Å². The largest absolute Gasteiger partial charge is 0.397 e. The van der Waals surface area contributed by atoms with Crippen molar-refractivity contribution in [2.45, 2.75) is 11.8 Å². The molecular formula is C7H10N2O3S. The zero-order valence-corrected chi connectivity index (χ0v) is 7.80. The highest BCUT2D eigenvalue weighted by Gasteiger charge is 2.18. The SMILES string of the molecule is Cc1ccc(N)c(N)c1S(=O)(=O)O. The Bertz CT molecular complexity index is 439. The Hall–Kier alpha value is -1.27. The summed E-state index contributed by atoms with van der Waals surface area (Å²) in [6.45, 7) is 1.53. The minimum atomic E-state index is -4.29. The van der Waals surface area contributed by atoms with Gasteiger partial charge in [-0.25, -0.2) is 0 Å². The van der Waals surface area contributed by atoms with Crippen LogP contribution in [0.15, 0.2) is 17.0 Å². The highest BCUT2D eigenvalue weighted by Crippen LogP contribution is 2.27. The minimum absolute atomic E-state index is 0.109. The van der Waals surface area contributed by atoms with Crippen LogP contribution in [0.4, 0.5) is 11.4 Å². The van der Waals surface area contributed by atoms with Gasteiger partial charge in [-0.3, -0.25) is 4.55 Å². The van der Waals surface area contributed by atoms with Gasteiger partial charge in [-0.1, -0.05) is 6.07 Å². The molecule has 1 aromatic rings. The summed E-state index contributed by atoms with van der Waals surface area (Å²) in [6.07, 6.45) is 0. The van der Waals surface area contributed by atoms with Gasteiger partial charge in [0.1, 0.15) is 4.90 Å². The Morgan fingerprint density at radius 2 is 1.85 bits per heavy atom. The molecule has 6 heteroatoms. The second-order valence-electron chi connectivity index (χ2n) is 2.69. The lowest BCUT2D eigenvalue weighted by atomic mass is 10.2. The van der Waals surface area contributed by atoms with Gasteiger partial charge < -0.3 is 11.5 Å². The lowest BCUT2D eigenvalue weighted by Crippen LogP contribution is -2.07. The molecule has 0 aromatic heterocycles. The van der Waals surface area contributed by atoms with Crippen molar-refractivity contribution >= 4 is 21.5 Å². The fourth-order valence-corrected chi connectivity index (χ4v) is 1.94. The van der Waals surface area contributed by atoms with E-state index in [1.807, 2.05) is 0 Å². The average Bonchev–Trinajstić information content (AvgIpc) is 1.95. The van der Waals surface area contributed by atoms with Gasteiger partial charge in [-0.15, -0.1) is 0 Å². The lowest BCUT2D eigenvalue weighted by Gasteiger charge is -2.07. The van der Waals surface area contributed by atoms with E-state index in [2.05, 4.69) is 0 Å². The number of nitrogens with two attached hydrogens (primary N) is 2. The van der Waals surface area contributed by atoms with Crippen LogP contribution in [0.25, 0.3) is 0 Å². The molecule has 0 amide bonds. The van der Waals surface area contributed by atoms with Crippen LogP contribution in [0, 0.1) is 6.92 Å². The van der Waals surface area contributed by atoms with Crippen LogP contribution in [0.1, 0.15) is 5.56 Å². The van der Waals surface area contributed by atoms with E-state index in [0.29, 0.717) is 5.56 Å². The van der Waals surface area contributed by atoms with Gasteiger partial charge in [-0.2, -0.15) is 8.42 Å². The fourth-order valence-electron chi connectivity index (χ4n) is 1.07. The molecule has 0 saturated heterocycles. The Kier molecular flexibility index (Phi) is 2.19. The maximum atomic E-state index is 10.8. The minimum Gasteiger partial charge on any atom is -0.397 e. The van der Waals surface area contributed by atoms with E-state index in [9.17, 15) is 8.42 Å². The highest BCUT2D eigenvalue weighted by molar-refractivity contribution is 7.86. The summed E-state index contributed by atoms with van der Waals surface area (Å²) in [5.74, 6) is 0. The summed E-state index contributed by atoms with van der Waals surface area (Å²) in [5.41, 5.74) is 11.2. The fraction of sp³-hybridized carbons (Fsp3) is 0.143. The highest BCUT2D eigenvalue weighted by atomic mass is 32.2. The van der Waals surface area contributed by atoms with Crippen LogP contribution >= 0.6 is 0 Å². The lowest BCUT2D eigenvalue weighted by molar-refractivity contribution is 0.483. The summed E-state index contributed by atoms with van der Waals surface area (Å²) in [4.78, 5) is -0.312. The molecule has 0 heterocycles.